The number of benzene rings is 5. The lowest BCUT2D eigenvalue weighted by molar-refractivity contribution is -0.140. The van der Waals surface area contributed by atoms with Crippen LogP contribution in [0.15, 0.2) is 109 Å². The Labute approximate surface area is 320 Å². The van der Waals surface area contributed by atoms with Crippen molar-refractivity contribution in [3.63, 3.8) is 0 Å². The molecule has 2 amide bonds. The molecule has 0 aliphatic heterocycles. The van der Waals surface area contributed by atoms with E-state index in [1.165, 1.54) is 6.07 Å². The fourth-order valence-electron chi connectivity index (χ4n) is 6.27. The lowest BCUT2D eigenvalue weighted by atomic mass is 9.94. The van der Waals surface area contributed by atoms with Crippen molar-refractivity contribution in [3.05, 3.63) is 165 Å². The second-order valence-corrected chi connectivity index (χ2v) is 13.3. The number of rotatable bonds is 16. The van der Waals surface area contributed by atoms with Crippen LogP contribution in [0.25, 0.3) is 0 Å². The van der Waals surface area contributed by atoms with E-state index in [1.807, 2.05) is 55.6 Å². The summed E-state index contributed by atoms with van der Waals surface area (Å²) in [6, 6.07) is 26.8. The number of amides is 2. The van der Waals surface area contributed by atoms with E-state index in [9.17, 15) is 40.3 Å². The summed E-state index contributed by atoms with van der Waals surface area (Å²) in [5.41, 5.74) is 1.64. The van der Waals surface area contributed by atoms with Gasteiger partial charge < -0.3 is 20.3 Å². The largest absolute Gasteiger partial charge is 0.494 e. The lowest BCUT2D eigenvalue weighted by Gasteiger charge is -2.30. The first kappa shape index (κ1) is 41.5. The summed E-state index contributed by atoms with van der Waals surface area (Å²) in [5, 5.41) is 5.54. The Bertz CT molecular complexity index is 2100. The van der Waals surface area contributed by atoms with Crippen molar-refractivity contribution in [1.29, 1.82) is 0 Å². The van der Waals surface area contributed by atoms with Crippen LogP contribution in [0.5, 0.6) is 5.75 Å². The monoisotopic (exact) mass is 779 g/mol. The Kier molecular flexibility index (Phi) is 13.5. The van der Waals surface area contributed by atoms with Crippen molar-refractivity contribution in [2.75, 3.05) is 25.5 Å². The molecule has 13 heteroatoms. The van der Waals surface area contributed by atoms with Crippen molar-refractivity contribution >= 4 is 18.0 Å². The van der Waals surface area contributed by atoms with E-state index in [2.05, 4.69) is 10.6 Å². The average Bonchev–Trinajstić information content (AvgIpc) is 3.16. The number of carbonyl (C=O) groups excluding carboxylic acids is 2. The van der Waals surface area contributed by atoms with Gasteiger partial charge in [0, 0.05) is 12.2 Å². The molecule has 5 aromatic rings. The summed E-state index contributed by atoms with van der Waals surface area (Å²) in [5.74, 6) is -2.05. The van der Waals surface area contributed by atoms with Crippen LogP contribution < -0.4 is 15.4 Å². The van der Waals surface area contributed by atoms with Crippen molar-refractivity contribution in [1.82, 2.24) is 10.2 Å². The molecule has 0 spiro atoms. The van der Waals surface area contributed by atoms with Crippen molar-refractivity contribution in [2.45, 2.75) is 51.1 Å². The minimum atomic E-state index is -4.97. The zero-order chi connectivity index (χ0) is 40.5. The highest BCUT2D eigenvalue weighted by molar-refractivity contribution is 6.04. The Morgan fingerprint density at radius 1 is 0.821 bits per heavy atom. The van der Waals surface area contributed by atoms with Gasteiger partial charge in [0.05, 0.1) is 29.3 Å². The van der Waals surface area contributed by atoms with E-state index in [0.29, 0.717) is 36.0 Å². The van der Waals surface area contributed by atoms with E-state index in [4.69, 9.17) is 4.74 Å². The van der Waals surface area contributed by atoms with Crippen LogP contribution in [0.4, 0.5) is 36.4 Å². The third kappa shape index (κ3) is 11.0. The zero-order valence-electron chi connectivity index (χ0n) is 30.6. The molecule has 0 radical (unpaired) electrons. The average molecular weight is 780 g/mol. The van der Waals surface area contributed by atoms with Crippen LogP contribution in [0.3, 0.4) is 0 Å². The quantitative estimate of drug-likeness (QED) is 0.0595. The number of alkyl halides is 6. The summed E-state index contributed by atoms with van der Waals surface area (Å²) in [6.45, 7) is 3.29. The topological polar surface area (TPSA) is 70.7 Å². The number of anilines is 1. The van der Waals surface area contributed by atoms with Gasteiger partial charge in [-0.2, -0.15) is 26.3 Å². The normalized spacial score (nSPS) is 12.2. The highest BCUT2D eigenvalue weighted by atomic mass is 19.4. The molecule has 0 bridgehead atoms. The first-order valence-electron chi connectivity index (χ1n) is 17.7. The molecule has 0 saturated carbocycles. The van der Waals surface area contributed by atoms with Gasteiger partial charge in [0.1, 0.15) is 11.6 Å². The van der Waals surface area contributed by atoms with Crippen LogP contribution in [0.2, 0.25) is 0 Å². The summed E-state index contributed by atoms with van der Waals surface area (Å²) in [6.07, 6.45) is -7.24. The highest BCUT2D eigenvalue weighted by Crippen LogP contribution is 2.34. The summed E-state index contributed by atoms with van der Waals surface area (Å²) < 4.78 is 99.9. The highest BCUT2D eigenvalue weighted by Gasteiger charge is 2.36. The Balaban J connectivity index is 1.36. The SMILES string of the molecule is CNCCCOc1ccc(C(Cc2ccc(NC(=O)c3cccc(C(F)(F)F)c3F)cc2C)N(C=O)Cc2ccc(Cc3cccc(C(F)(F)F)c3)cc2)cc1. The minimum Gasteiger partial charge on any atom is -0.494 e. The second kappa shape index (κ2) is 18.3. The van der Waals surface area contributed by atoms with Gasteiger partial charge in [0.2, 0.25) is 6.41 Å². The minimum absolute atomic E-state index is 0.204. The number of hydrogen-bond donors (Lipinski definition) is 2. The van der Waals surface area contributed by atoms with Gasteiger partial charge in [-0.1, -0.05) is 66.7 Å². The maximum absolute atomic E-state index is 14.7. The molecule has 5 rings (SSSR count). The van der Waals surface area contributed by atoms with Crippen molar-refractivity contribution in [3.8, 4) is 5.75 Å². The van der Waals surface area contributed by atoms with Crippen molar-refractivity contribution < 1.29 is 45.1 Å². The fraction of sp³-hybridized carbons (Fsp3) is 0.256. The molecule has 6 nitrogen and oxygen atoms in total. The Hall–Kier alpha value is -5.69. The van der Waals surface area contributed by atoms with Gasteiger partial charge in [-0.05, 0) is 116 Å². The van der Waals surface area contributed by atoms with Crippen LogP contribution in [-0.4, -0.2) is 37.4 Å². The molecule has 0 aromatic heterocycles. The van der Waals surface area contributed by atoms with Gasteiger partial charge in [-0.3, -0.25) is 9.59 Å². The van der Waals surface area contributed by atoms with Crippen molar-refractivity contribution in [2.24, 2.45) is 0 Å². The number of carbonyl (C=O) groups is 2. The Morgan fingerprint density at radius 2 is 1.52 bits per heavy atom. The molecular formula is C43H40F7N3O3. The molecule has 56 heavy (non-hydrogen) atoms. The number of hydrogen-bond acceptors (Lipinski definition) is 4. The summed E-state index contributed by atoms with van der Waals surface area (Å²) >= 11 is 0. The molecule has 0 fully saturated rings. The van der Waals surface area contributed by atoms with Crippen LogP contribution in [0, 0.1) is 12.7 Å². The van der Waals surface area contributed by atoms with Gasteiger partial charge in [0.15, 0.2) is 0 Å². The Morgan fingerprint density at radius 3 is 2.16 bits per heavy atom. The van der Waals surface area contributed by atoms with Gasteiger partial charge in [0.25, 0.3) is 5.91 Å². The number of ether oxygens (including phenoxy) is 1. The zero-order valence-corrected chi connectivity index (χ0v) is 30.6. The first-order valence-corrected chi connectivity index (χ1v) is 17.7. The number of nitrogens with zero attached hydrogens (tertiary/aromatic N) is 1. The molecule has 0 aliphatic carbocycles. The molecule has 1 atom stereocenters. The second-order valence-electron chi connectivity index (χ2n) is 13.3. The molecule has 294 valence electrons. The number of nitrogens with one attached hydrogen (secondary N) is 2. The maximum Gasteiger partial charge on any atom is 0.419 e. The van der Waals surface area contributed by atoms with Crippen LogP contribution >= 0.6 is 0 Å². The summed E-state index contributed by atoms with van der Waals surface area (Å²) in [4.78, 5) is 27.2. The molecular weight excluding hydrogens is 739 g/mol. The van der Waals surface area contributed by atoms with Gasteiger partial charge in [-0.25, -0.2) is 4.39 Å². The van der Waals surface area contributed by atoms with E-state index in [0.717, 1.165) is 65.9 Å². The maximum atomic E-state index is 14.7. The molecule has 1 unspecified atom stereocenters. The van der Waals surface area contributed by atoms with E-state index < -0.39 is 46.8 Å². The molecule has 0 heterocycles. The smallest absolute Gasteiger partial charge is 0.419 e. The third-order valence-electron chi connectivity index (χ3n) is 9.25. The molecule has 5 aromatic carbocycles. The van der Waals surface area contributed by atoms with E-state index >= 15 is 0 Å². The standard InChI is InChI=1S/C43H40F7N3O3/c1-28-22-35(52-41(55)37-8-4-9-38(40(37)44)43(48,49)50)17-14-33(28)25-39(32-15-18-36(19-16-32)56-21-5-20-51-2)53(27-54)26-30-12-10-29(11-13-30)23-31-6-3-7-34(24-31)42(45,46)47/h3-4,6-19,22,24,27,39,51H,5,20-21,23,25-26H2,1-2H3,(H,52,55). The van der Waals surface area contributed by atoms with Crippen LogP contribution in [-0.2, 0) is 36.5 Å². The van der Waals surface area contributed by atoms with Crippen LogP contribution in [0.1, 0.15) is 67.3 Å². The fourth-order valence-corrected chi connectivity index (χ4v) is 6.27. The predicted octanol–water partition coefficient (Wildman–Crippen LogP) is 9.95. The third-order valence-corrected chi connectivity index (χ3v) is 9.25. The molecule has 0 aliphatic rings. The lowest BCUT2D eigenvalue weighted by Crippen LogP contribution is -2.29. The van der Waals surface area contributed by atoms with E-state index in [-0.39, 0.29) is 18.7 Å². The summed E-state index contributed by atoms with van der Waals surface area (Å²) in [7, 11) is 1.86. The molecule has 0 saturated heterocycles. The van der Waals surface area contributed by atoms with Gasteiger partial charge in [-0.15, -0.1) is 0 Å². The molecule has 2 N–H and O–H groups in total. The predicted molar refractivity (Wildman–Crippen MR) is 200 cm³/mol. The number of halogens is 7. The first-order chi connectivity index (χ1) is 26.7. The van der Waals surface area contributed by atoms with Gasteiger partial charge >= 0.3 is 12.4 Å². The van der Waals surface area contributed by atoms with E-state index in [1.54, 1.807) is 36.1 Å². The number of aryl methyl sites for hydroxylation is 1.